The average Bonchev–Trinajstić information content (AvgIpc) is 3.34. The first kappa shape index (κ1) is 28.8. The lowest BCUT2D eigenvalue weighted by Crippen LogP contribution is -2.47. The Morgan fingerprint density at radius 2 is 1.07 bits per heavy atom. The molecule has 0 bridgehead atoms. The van der Waals surface area contributed by atoms with E-state index in [-0.39, 0.29) is 25.2 Å². The molecule has 0 spiro atoms. The Labute approximate surface area is 235 Å². The summed E-state index contributed by atoms with van der Waals surface area (Å²) in [5.41, 5.74) is 1.81. The molecule has 0 aliphatic carbocycles. The molecule has 10 heteroatoms. The fourth-order valence-electron chi connectivity index (χ4n) is 5.17. The van der Waals surface area contributed by atoms with Gasteiger partial charge in [0.2, 0.25) is 0 Å². The van der Waals surface area contributed by atoms with E-state index < -0.39 is 33.5 Å². The van der Waals surface area contributed by atoms with E-state index in [9.17, 15) is 4.79 Å². The fraction of sp³-hybridized carbons (Fsp3) is 0.194. The number of hydroxylamine groups is 2. The first-order valence-electron chi connectivity index (χ1n) is 13.0. The summed E-state index contributed by atoms with van der Waals surface area (Å²) in [6, 6.07) is 31.1. The Kier molecular flexibility index (Phi) is 7.44. The number of carbonyl (C=O) groups is 1. The number of hydrogen-bond donors (Lipinski definition) is 0. The third kappa shape index (κ3) is 6.95. The largest absolute Gasteiger partial charge is 0.332 e. The van der Waals surface area contributed by atoms with Crippen molar-refractivity contribution in [2.45, 2.75) is 37.0 Å². The van der Waals surface area contributed by atoms with Gasteiger partial charge in [-0.1, -0.05) is 141 Å². The van der Waals surface area contributed by atoms with Crippen LogP contribution in [0.25, 0.3) is 0 Å². The smallest absolute Gasteiger partial charge is 0.293 e. The molecule has 1 saturated heterocycles. The summed E-state index contributed by atoms with van der Waals surface area (Å²) in [5, 5.41) is -2.48. The molecule has 0 saturated carbocycles. The topological polar surface area (TPSA) is 32.8 Å². The molecule has 4 aromatic carbocycles. The molecular weight excluding hydrogens is 559 g/mol. The molecule has 0 N–H and O–H groups in total. The van der Waals surface area contributed by atoms with Crippen LogP contribution in [0.4, 0.5) is 19.4 Å². The van der Waals surface area contributed by atoms with Crippen LogP contribution in [0.1, 0.15) is 28.3 Å². The summed E-state index contributed by atoms with van der Waals surface area (Å²) < 4.78 is 75.1. The Morgan fingerprint density at radius 3 is 1.51 bits per heavy atom. The van der Waals surface area contributed by atoms with Crippen LogP contribution >= 0.6 is 10.2 Å². The van der Waals surface area contributed by atoms with Crippen molar-refractivity contribution in [1.29, 1.82) is 0 Å². The maximum Gasteiger partial charge on any atom is 0.293 e. The van der Waals surface area contributed by atoms with E-state index >= 15 is 19.4 Å². The van der Waals surface area contributed by atoms with Crippen molar-refractivity contribution in [3.63, 3.8) is 0 Å². The van der Waals surface area contributed by atoms with Crippen LogP contribution in [0.2, 0.25) is 0 Å². The molecule has 4 aromatic rings. The maximum absolute atomic E-state index is 15.0. The molecule has 3 atom stereocenters. The minimum Gasteiger partial charge on any atom is -0.332 e. The predicted molar refractivity (Wildman–Crippen MR) is 150 cm³/mol. The van der Waals surface area contributed by atoms with Gasteiger partial charge in [-0.3, -0.25) is 9.63 Å². The Balaban J connectivity index is 1.59. The normalized spacial score (nSPS) is 21.1. The van der Waals surface area contributed by atoms with Crippen LogP contribution in [0.5, 0.6) is 0 Å². The second-order valence-electron chi connectivity index (χ2n) is 10.1. The summed E-state index contributed by atoms with van der Waals surface area (Å²) in [6.07, 6.45) is -2.49. The Bertz CT molecular complexity index is 1420. The van der Waals surface area contributed by atoms with Gasteiger partial charge in [-0.05, 0) is 22.3 Å². The number of halogens is 5. The van der Waals surface area contributed by atoms with Crippen molar-refractivity contribution in [3.8, 4) is 0 Å². The number of carbonyl (C=O) groups excluding carboxylic acids is 1. The SMILES string of the molecule is O=C([C@@H]1ON(Cc2ccccc2)[C@H](c2ccccc2)[C@H]1S(F)(F)(F)(F)F)N(Cc1ccccc1)Cc1ccccc1. The van der Waals surface area contributed by atoms with Crippen molar-refractivity contribution in [1.82, 2.24) is 9.96 Å². The molecule has 0 unspecified atom stereocenters. The molecule has 0 aromatic heterocycles. The lowest BCUT2D eigenvalue weighted by Gasteiger charge is -2.48. The lowest BCUT2D eigenvalue weighted by molar-refractivity contribution is -0.186. The first-order chi connectivity index (χ1) is 19.4. The minimum atomic E-state index is -10.4. The zero-order chi connectivity index (χ0) is 29.2. The molecule has 4 nitrogen and oxygen atoms in total. The molecule has 41 heavy (non-hydrogen) atoms. The standard InChI is InChI=1S/C31H29F5N2O2S/c32-41(33,34,35,36)30-28(27-19-11-4-12-20-27)38(23-26-17-9-3-10-18-26)40-29(30)31(39)37(21-24-13-5-1-6-14-24)22-25-15-7-2-8-16-25/h1-20,28-30H,21-23H2/t28-,29-,30-/m1/s1. The van der Waals surface area contributed by atoms with Crippen molar-refractivity contribution in [2.24, 2.45) is 0 Å². The lowest BCUT2D eigenvalue weighted by atomic mass is 9.99. The van der Waals surface area contributed by atoms with E-state index in [1.54, 1.807) is 97.1 Å². The van der Waals surface area contributed by atoms with Gasteiger partial charge in [0, 0.05) is 19.6 Å². The van der Waals surface area contributed by atoms with Crippen molar-refractivity contribution in [2.75, 3.05) is 0 Å². The molecule has 216 valence electrons. The van der Waals surface area contributed by atoms with Crippen LogP contribution in [0, 0.1) is 0 Å². The van der Waals surface area contributed by atoms with Crippen LogP contribution in [-0.2, 0) is 29.3 Å². The van der Waals surface area contributed by atoms with Gasteiger partial charge < -0.3 is 4.90 Å². The Morgan fingerprint density at radius 1 is 0.659 bits per heavy atom. The molecule has 1 heterocycles. The summed E-state index contributed by atoms with van der Waals surface area (Å²) in [6.45, 7) is -0.405. The van der Waals surface area contributed by atoms with Gasteiger partial charge in [0.15, 0.2) is 11.4 Å². The highest BCUT2D eigenvalue weighted by molar-refractivity contribution is 8.46. The molecule has 1 aliphatic rings. The van der Waals surface area contributed by atoms with Gasteiger partial charge in [-0.2, -0.15) is 5.06 Å². The van der Waals surface area contributed by atoms with Gasteiger partial charge >= 0.3 is 0 Å². The summed E-state index contributed by atoms with van der Waals surface area (Å²) in [7, 11) is -10.4. The summed E-state index contributed by atoms with van der Waals surface area (Å²) in [4.78, 5) is 20.9. The number of amides is 1. The van der Waals surface area contributed by atoms with Crippen molar-refractivity contribution < 1.29 is 29.1 Å². The van der Waals surface area contributed by atoms with E-state index in [2.05, 4.69) is 0 Å². The zero-order valence-electron chi connectivity index (χ0n) is 21.9. The summed E-state index contributed by atoms with van der Waals surface area (Å²) in [5.74, 6) is -1.16. The summed E-state index contributed by atoms with van der Waals surface area (Å²) >= 11 is 0. The quantitative estimate of drug-likeness (QED) is 0.184. The second kappa shape index (κ2) is 10.6. The Hall–Kier alpha value is -3.73. The van der Waals surface area contributed by atoms with E-state index in [4.69, 9.17) is 4.84 Å². The third-order valence-corrected chi connectivity index (χ3v) is 8.53. The van der Waals surface area contributed by atoms with Crippen LogP contribution in [-0.4, -0.2) is 27.2 Å². The highest BCUT2D eigenvalue weighted by Crippen LogP contribution is 3.02. The molecule has 5 rings (SSSR count). The third-order valence-electron chi connectivity index (χ3n) is 6.99. The number of rotatable bonds is 9. The zero-order valence-corrected chi connectivity index (χ0v) is 22.7. The van der Waals surface area contributed by atoms with Crippen LogP contribution < -0.4 is 0 Å². The number of benzene rings is 4. The van der Waals surface area contributed by atoms with Gasteiger partial charge in [-0.15, -0.1) is 0 Å². The highest BCUT2D eigenvalue weighted by Gasteiger charge is 2.78. The number of nitrogens with zero attached hydrogens (tertiary/aromatic N) is 2. The van der Waals surface area contributed by atoms with E-state index in [0.29, 0.717) is 16.7 Å². The van der Waals surface area contributed by atoms with E-state index in [0.717, 1.165) is 9.96 Å². The van der Waals surface area contributed by atoms with Gasteiger partial charge in [0.1, 0.15) is 0 Å². The molecule has 1 aliphatic heterocycles. The molecule has 1 fully saturated rings. The first-order valence-corrected chi connectivity index (χ1v) is 15.0. The molecular formula is C31H29F5N2O2S. The fourth-order valence-corrected chi connectivity index (χ4v) is 6.58. The molecule has 1 amide bonds. The average molecular weight is 589 g/mol. The second-order valence-corrected chi connectivity index (χ2v) is 12.7. The minimum absolute atomic E-state index is 0.0188. The van der Waals surface area contributed by atoms with Crippen LogP contribution in [0.15, 0.2) is 121 Å². The van der Waals surface area contributed by atoms with Crippen LogP contribution in [0.3, 0.4) is 0 Å². The maximum atomic E-state index is 15.0. The van der Waals surface area contributed by atoms with Gasteiger partial charge in [-0.25, -0.2) is 0 Å². The monoisotopic (exact) mass is 588 g/mol. The van der Waals surface area contributed by atoms with Crippen molar-refractivity contribution >= 4 is 16.1 Å². The van der Waals surface area contributed by atoms with Crippen molar-refractivity contribution in [3.05, 3.63) is 144 Å². The predicted octanol–water partition coefficient (Wildman–Crippen LogP) is 8.44. The highest BCUT2D eigenvalue weighted by atomic mass is 32.5. The van der Waals surface area contributed by atoms with Gasteiger partial charge in [0.05, 0.1) is 6.04 Å². The number of hydrogen-bond acceptors (Lipinski definition) is 3. The van der Waals surface area contributed by atoms with E-state index in [1.807, 2.05) is 0 Å². The molecule has 0 radical (unpaired) electrons. The van der Waals surface area contributed by atoms with E-state index in [1.165, 1.54) is 24.3 Å². The van der Waals surface area contributed by atoms with Gasteiger partial charge in [0.25, 0.3) is 16.1 Å².